The molecule has 1 N–H and O–H groups in total. The quantitative estimate of drug-likeness (QED) is 0.785. The molecule has 0 saturated heterocycles. The number of hydrogen-bond acceptors (Lipinski definition) is 5. The summed E-state index contributed by atoms with van der Waals surface area (Å²) in [6, 6.07) is 14.2. The van der Waals surface area contributed by atoms with E-state index in [2.05, 4.69) is 0 Å². The molecule has 0 aromatic heterocycles. The van der Waals surface area contributed by atoms with E-state index >= 15 is 0 Å². The van der Waals surface area contributed by atoms with Crippen LogP contribution in [0.5, 0.6) is 11.5 Å². The van der Waals surface area contributed by atoms with Gasteiger partial charge in [0, 0.05) is 5.92 Å². The molecule has 0 amide bonds. The Hall–Kier alpha value is -3.02. The van der Waals surface area contributed by atoms with Crippen molar-refractivity contribution in [2.75, 3.05) is 0 Å². The van der Waals surface area contributed by atoms with Crippen LogP contribution in [0.1, 0.15) is 36.8 Å². The van der Waals surface area contributed by atoms with E-state index in [9.17, 15) is 5.11 Å². The van der Waals surface area contributed by atoms with Gasteiger partial charge in [0.15, 0.2) is 0 Å². The van der Waals surface area contributed by atoms with Gasteiger partial charge in [-0.15, -0.1) is 10.5 Å². The molecule has 0 saturated carbocycles. The Labute approximate surface area is 141 Å². The second kappa shape index (κ2) is 8.57. The number of benzene rings is 2. The van der Waals surface area contributed by atoms with Crippen LogP contribution in [0, 0.1) is 23.0 Å². The average molecular weight is 322 g/mol. The lowest BCUT2D eigenvalue weighted by Crippen LogP contribution is -2.19. The van der Waals surface area contributed by atoms with Crippen LogP contribution in [0.15, 0.2) is 48.5 Å². The molecule has 2 aromatic rings. The van der Waals surface area contributed by atoms with Gasteiger partial charge in [-0.05, 0) is 41.8 Å². The molecule has 0 aliphatic heterocycles. The maximum absolute atomic E-state index is 10.6. The van der Waals surface area contributed by atoms with E-state index in [1.165, 1.54) is 0 Å². The zero-order valence-electron chi connectivity index (χ0n) is 13.3. The first-order valence-electron chi connectivity index (χ1n) is 7.69. The summed E-state index contributed by atoms with van der Waals surface area (Å²) < 4.78 is 9.59. The predicted octanol–water partition coefficient (Wildman–Crippen LogP) is 3.70. The summed E-state index contributed by atoms with van der Waals surface area (Å²) in [5, 5.41) is 27.7. The second-order valence-electron chi connectivity index (χ2n) is 5.36. The maximum Gasteiger partial charge on any atom is 0.292 e. The third-order valence-corrected chi connectivity index (χ3v) is 3.77. The Morgan fingerprint density at radius 2 is 1.29 bits per heavy atom. The zero-order chi connectivity index (χ0) is 17.4. The van der Waals surface area contributed by atoms with Crippen molar-refractivity contribution in [2.45, 2.75) is 31.8 Å². The van der Waals surface area contributed by atoms with E-state index in [1.54, 1.807) is 36.8 Å². The molecule has 0 aliphatic rings. The molecule has 0 heterocycles. The summed E-state index contributed by atoms with van der Waals surface area (Å²) in [6.07, 6.45) is 4.26. The molecule has 0 spiro atoms. The minimum absolute atomic E-state index is 0.211. The maximum atomic E-state index is 10.6. The fourth-order valence-corrected chi connectivity index (χ4v) is 2.69. The standard InChI is InChI=1S/C19H18N2O3/c1-2-3-18(22)19(14-4-8-16(9-5-14)23-12-20)15-6-10-17(11-7-15)24-13-21/h4-11,18-19,22H,2-3H2,1H3. The van der Waals surface area contributed by atoms with Crippen molar-refractivity contribution in [1.29, 1.82) is 10.5 Å². The van der Waals surface area contributed by atoms with Crippen molar-refractivity contribution in [1.82, 2.24) is 0 Å². The van der Waals surface area contributed by atoms with E-state index in [-0.39, 0.29) is 5.92 Å². The number of aliphatic hydroxyl groups excluding tert-OH is 1. The molecular formula is C19H18N2O3. The minimum Gasteiger partial charge on any atom is -0.392 e. The molecule has 0 radical (unpaired) electrons. The molecular weight excluding hydrogens is 304 g/mol. The van der Waals surface area contributed by atoms with Gasteiger partial charge in [0.2, 0.25) is 0 Å². The lowest BCUT2D eigenvalue weighted by Gasteiger charge is -2.24. The summed E-state index contributed by atoms with van der Waals surface area (Å²) in [7, 11) is 0. The van der Waals surface area contributed by atoms with Crippen LogP contribution in [0.4, 0.5) is 0 Å². The Kier molecular flexibility index (Phi) is 6.19. The third kappa shape index (κ3) is 4.25. The van der Waals surface area contributed by atoms with Gasteiger partial charge in [-0.25, -0.2) is 0 Å². The SMILES string of the molecule is CCCC(O)C(c1ccc(OC#N)cc1)c1ccc(OC#N)cc1. The normalized spacial score (nSPS) is 11.4. The second-order valence-corrected chi connectivity index (χ2v) is 5.36. The summed E-state index contributed by atoms with van der Waals surface area (Å²) in [5.41, 5.74) is 1.85. The first kappa shape index (κ1) is 17.3. The van der Waals surface area contributed by atoms with Crippen molar-refractivity contribution < 1.29 is 14.6 Å². The highest BCUT2D eigenvalue weighted by molar-refractivity contribution is 5.39. The highest BCUT2D eigenvalue weighted by atomic mass is 16.5. The lowest BCUT2D eigenvalue weighted by molar-refractivity contribution is 0.145. The van der Waals surface area contributed by atoms with Crippen LogP contribution in [0.2, 0.25) is 0 Å². The topological polar surface area (TPSA) is 86.3 Å². The van der Waals surface area contributed by atoms with E-state index < -0.39 is 6.10 Å². The minimum atomic E-state index is -0.541. The molecule has 1 atom stereocenters. The van der Waals surface area contributed by atoms with Gasteiger partial charge >= 0.3 is 0 Å². The van der Waals surface area contributed by atoms with Crippen LogP contribution in [-0.4, -0.2) is 11.2 Å². The van der Waals surface area contributed by atoms with E-state index in [4.69, 9.17) is 20.0 Å². The van der Waals surface area contributed by atoms with E-state index in [0.29, 0.717) is 17.9 Å². The number of nitrogens with zero attached hydrogens (tertiary/aromatic N) is 2. The molecule has 5 heteroatoms. The fourth-order valence-electron chi connectivity index (χ4n) is 2.69. The Bertz CT molecular complexity index is 668. The molecule has 5 nitrogen and oxygen atoms in total. The predicted molar refractivity (Wildman–Crippen MR) is 88.1 cm³/mol. The molecule has 0 aliphatic carbocycles. The monoisotopic (exact) mass is 322 g/mol. The van der Waals surface area contributed by atoms with Gasteiger partial charge in [-0.2, -0.15) is 0 Å². The van der Waals surface area contributed by atoms with Crippen molar-refractivity contribution >= 4 is 0 Å². The molecule has 0 fully saturated rings. The van der Waals surface area contributed by atoms with Crippen molar-refractivity contribution in [3.8, 4) is 24.0 Å². The van der Waals surface area contributed by atoms with Crippen molar-refractivity contribution in [2.24, 2.45) is 0 Å². The fraction of sp³-hybridized carbons (Fsp3) is 0.263. The van der Waals surface area contributed by atoms with Crippen LogP contribution >= 0.6 is 0 Å². The highest BCUT2D eigenvalue weighted by Gasteiger charge is 2.22. The van der Waals surface area contributed by atoms with Gasteiger partial charge in [-0.1, -0.05) is 37.6 Å². The van der Waals surface area contributed by atoms with Crippen molar-refractivity contribution in [3.05, 3.63) is 59.7 Å². The summed E-state index contributed by atoms with van der Waals surface area (Å²) in [6.45, 7) is 2.02. The van der Waals surface area contributed by atoms with Crippen molar-refractivity contribution in [3.63, 3.8) is 0 Å². The smallest absolute Gasteiger partial charge is 0.292 e. The summed E-state index contributed by atoms with van der Waals surface area (Å²) >= 11 is 0. The molecule has 24 heavy (non-hydrogen) atoms. The number of aliphatic hydroxyl groups is 1. The number of nitriles is 2. The molecule has 1 unspecified atom stereocenters. The van der Waals surface area contributed by atoms with Gasteiger partial charge in [-0.3, -0.25) is 0 Å². The van der Waals surface area contributed by atoms with Gasteiger partial charge in [0.25, 0.3) is 12.5 Å². The largest absolute Gasteiger partial charge is 0.392 e. The van der Waals surface area contributed by atoms with Gasteiger partial charge in [0.05, 0.1) is 6.10 Å². The molecule has 122 valence electrons. The molecule has 2 rings (SSSR count). The van der Waals surface area contributed by atoms with Gasteiger partial charge in [0.1, 0.15) is 11.5 Å². The Balaban J connectivity index is 2.34. The number of hydrogen-bond donors (Lipinski definition) is 1. The van der Waals surface area contributed by atoms with Crippen LogP contribution in [-0.2, 0) is 0 Å². The number of rotatable bonds is 7. The highest BCUT2D eigenvalue weighted by Crippen LogP contribution is 2.32. The first-order valence-corrected chi connectivity index (χ1v) is 7.69. The zero-order valence-corrected chi connectivity index (χ0v) is 13.3. The van der Waals surface area contributed by atoms with E-state index in [1.807, 2.05) is 31.2 Å². The van der Waals surface area contributed by atoms with Crippen LogP contribution < -0.4 is 9.47 Å². The molecule has 0 bridgehead atoms. The van der Waals surface area contributed by atoms with Crippen LogP contribution in [0.3, 0.4) is 0 Å². The number of ether oxygens (including phenoxy) is 2. The Morgan fingerprint density at radius 1 is 0.875 bits per heavy atom. The van der Waals surface area contributed by atoms with Gasteiger partial charge < -0.3 is 14.6 Å². The first-order chi connectivity index (χ1) is 11.7. The third-order valence-electron chi connectivity index (χ3n) is 3.77. The lowest BCUT2D eigenvalue weighted by atomic mass is 9.85. The summed E-state index contributed by atoms with van der Waals surface area (Å²) in [5.74, 6) is 0.711. The average Bonchev–Trinajstić information content (AvgIpc) is 2.59. The Morgan fingerprint density at radius 3 is 1.62 bits per heavy atom. The summed E-state index contributed by atoms with van der Waals surface area (Å²) in [4.78, 5) is 0. The van der Waals surface area contributed by atoms with E-state index in [0.717, 1.165) is 17.5 Å². The molecule has 2 aromatic carbocycles. The van der Waals surface area contributed by atoms with Crippen LogP contribution in [0.25, 0.3) is 0 Å².